The summed E-state index contributed by atoms with van der Waals surface area (Å²) in [6.07, 6.45) is 2.31. The molecule has 21 heavy (non-hydrogen) atoms. The number of aromatic hydroxyl groups is 1. The maximum atomic E-state index is 13.6. The van der Waals surface area contributed by atoms with Crippen molar-refractivity contribution in [2.75, 3.05) is 19.7 Å². The van der Waals surface area contributed by atoms with Crippen molar-refractivity contribution in [2.24, 2.45) is 0 Å². The quantitative estimate of drug-likeness (QED) is 0.820. The summed E-state index contributed by atoms with van der Waals surface area (Å²) < 4.78 is 19.2. The molecule has 1 saturated heterocycles. The number of ketones is 1. The summed E-state index contributed by atoms with van der Waals surface area (Å²) in [6.45, 7) is 6.05. The van der Waals surface area contributed by atoms with E-state index in [9.17, 15) is 14.3 Å². The molecule has 0 saturated carbocycles. The molecule has 0 radical (unpaired) electrons. The number of carbonyl (C=O) groups is 1. The molecule has 1 aliphatic rings. The lowest BCUT2D eigenvalue weighted by atomic mass is 10.0. The molecule has 1 atom stereocenters. The molecule has 1 aromatic rings. The number of nitrogens with zero attached hydrogens (tertiary/aromatic N) is 1. The van der Waals surface area contributed by atoms with Crippen LogP contribution in [0.5, 0.6) is 5.75 Å². The van der Waals surface area contributed by atoms with Gasteiger partial charge in [0.05, 0.1) is 11.7 Å². The summed E-state index contributed by atoms with van der Waals surface area (Å²) >= 11 is 0. The topological polar surface area (TPSA) is 49.8 Å². The molecule has 5 heteroatoms. The maximum Gasteiger partial charge on any atom is 0.163 e. The molecule has 1 aliphatic heterocycles. The van der Waals surface area contributed by atoms with Crippen LogP contribution in [0.15, 0.2) is 12.1 Å². The van der Waals surface area contributed by atoms with Crippen molar-refractivity contribution in [2.45, 2.75) is 39.3 Å². The number of benzene rings is 1. The second-order valence-electron chi connectivity index (χ2n) is 5.48. The third-order valence-corrected chi connectivity index (χ3v) is 3.86. The summed E-state index contributed by atoms with van der Waals surface area (Å²) in [5, 5.41) is 10.1. The Morgan fingerprint density at radius 2 is 2.29 bits per heavy atom. The first-order chi connectivity index (χ1) is 10.0. The first-order valence-electron chi connectivity index (χ1n) is 7.37. The number of carbonyl (C=O) groups excluding carboxylic acids is 1. The maximum absolute atomic E-state index is 13.6. The van der Waals surface area contributed by atoms with E-state index in [0.29, 0.717) is 12.1 Å². The minimum absolute atomic E-state index is 0.0400. The standard InChI is InChI=1S/C16H22FNO3/c1-3-18(10-14-5-4-6-21-14)9-12-7-13(17)8-15(11(2)19)16(12)20/h7-8,14,20H,3-6,9-10H2,1-2H3. The lowest BCUT2D eigenvalue weighted by molar-refractivity contribution is 0.0721. The van der Waals surface area contributed by atoms with Gasteiger partial charge in [0.25, 0.3) is 0 Å². The third kappa shape index (κ3) is 4.02. The van der Waals surface area contributed by atoms with Crippen LogP contribution in [0.3, 0.4) is 0 Å². The van der Waals surface area contributed by atoms with Crippen LogP contribution in [0, 0.1) is 5.82 Å². The van der Waals surface area contributed by atoms with Gasteiger partial charge in [0.2, 0.25) is 0 Å². The molecule has 0 aliphatic carbocycles. The van der Waals surface area contributed by atoms with Crippen molar-refractivity contribution in [1.82, 2.24) is 4.90 Å². The Kier molecular flexibility index (Phi) is 5.31. The van der Waals surface area contributed by atoms with E-state index in [1.54, 1.807) is 0 Å². The molecular weight excluding hydrogens is 273 g/mol. The van der Waals surface area contributed by atoms with Gasteiger partial charge in [-0.25, -0.2) is 4.39 Å². The van der Waals surface area contributed by atoms with Crippen molar-refractivity contribution in [3.05, 3.63) is 29.1 Å². The number of likely N-dealkylation sites (N-methyl/N-ethyl adjacent to an activating group) is 1. The number of hydrogen-bond acceptors (Lipinski definition) is 4. The first kappa shape index (κ1) is 15.9. The number of phenols is 1. The minimum Gasteiger partial charge on any atom is -0.507 e. The van der Waals surface area contributed by atoms with Gasteiger partial charge in [0, 0.05) is 25.3 Å². The van der Waals surface area contributed by atoms with Crippen LogP contribution >= 0.6 is 0 Å². The van der Waals surface area contributed by atoms with Crippen LogP contribution in [0.1, 0.15) is 42.6 Å². The number of hydrogen-bond donors (Lipinski definition) is 1. The Morgan fingerprint density at radius 1 is 1.52 bits per heavy atom. The Morgan fingerprint density at radius 3 is 2.86 bits per heavy atom. The van der Waals surface area contributed by atoms with E-state index < -0.39 is 5.82 Å². The Labute approximate surface area is 124 Å². The highest BCUT2D eigenvalue weighted by molar-refractivity contribution is 5.97. The number of Topliss-reactive ketones (excluding diaryl/α,β-unsaturated/α-hetero) is 1. The lowest BCUT2D eigenvalue weighted by Gasteiger charge is -2.24. The zero-order valence-corrected chi connectivity index (χ0v) is 12.6. The molecule has 0 spiro atoms. The smallest absolute Gasteiger partial charge is 0.163 e. The fourth-order valence-electron chi connectivity index (χ4n) is 2.67. The number of rotatable bonds is 6. The molecule has 0 aromatic heterocycles. The average Bonchev–Trinajstić information content (AvgIpc) is 2.94. The minimum atomic E-state index is -0.499. The van der Waals surface area contributed by atoms with Gasteiger partial charge in [0.15, 0.2) is 5.78 Å². The van der Waals surface area contributed by atoms with E-state index in [1.807, 2.05) is 6.92 Å². The highest BCUT2D eigenvalue weighted by Gasteiger charge is 2.20. The van der Waals surface area contributed by atoms with Gasteiger partial charge in [-0.1, -0.05) is 6.92 Å². The molecule has 4 nitrogen and oxygen atoms in total. The van der Waals surface area contributed by atoms with E-state index in [1.165, 1.54) is 13.0 Å². The fourth-order valence-corrected chi connectivity index (χ4v) is 2.67. The largest absolute Gasteiger partial charge is 0.507 e. The normalized spacial score (nSPS) is 18.4. The SMILES string of the molecule is CCN(Cc1cc(F)cc(C(C)=O)c1O)CC1CCCO1. The lowest BCUT2D eigenvalue weighted by Crippen LogP contribution is -2.31. The van der Waals surface area contributed by atoms with Crippen molar-refractivity contribution in [1.29, 1.82) is 0 Å². The van der Waals surface area contributed by atoms with Crippen LogP contribution in [0.2, 0.25) is 0 Å². The fraction of sp³-hybridized carbons (Fsp3) is 0.562. The molecule has 116 valence electrons. The second kappa shape index (κ2) is 7.00. The van der Waals surface area contributed by atoms with E-state index in [0.717, 1.165) is 38.6 Å². The van der Waals surface area contributed by atoms with Crippen LogP contribution < -0.4 is 0 Å². The van der Waals surface area contributed by atoms with Gasteiger partial charge in [-0.15, -0.1) is 0 Å². The summed E-state index contributed by atoms with van der Waals surface area (Å²) in [4.78, 5) is 13.5. The summed E-state index contributed by atoms with van der Waals surface area (Å²) in [5.41, 5.74) is 0.484. The Hall–Kier alpha value is -1.46. The highest BCUT2D eigenvalue weighted by atomic mass is 19.1. The Balaban J connectivity index is 2.14. The summed E-state index contributed by atoms with van der Waals surface area (Å²) in [6, 6.07) is 2.37. The highest BCUT2D eigenvalue weighted by Crippen LogP contribution is 2.26. The number of phenolic OH excluding ortho intramolecular Hbond substituents is 1. The van der Waals surface area contributed by atoms with Gasteiger partial charge >= 0.3 is 0 Å². The van der Waals surface area contributed by atoms with E-state index in [4.69, 9.17) is 4.74 Å². The van der Waals surface area contributed by atoms with Gasteiger partial charge < -0.3 is 9.84 Å². The predicted molar refractivity (Wildman–Crippen MR) is 78.0 cm³/mol. The summed E-state index contributed by atoms with van der Waals surface area (Å²) in [5.74, 6) is -0.953. The monoisotopic (exact) mass is 295 g/mol. The summed E-state index contributed by atoms with van der Waals surface area (Å²) in [7, 11) is 0. The van der Waals surface area contributed by atoms with E-state index >= 15 is 0 Å². The molecule has 1 unspecified atom stereocenters. The van der Waals surface area contributed by atoms with Crippen LogP contribution in [-0.2, 0) is 11.3 Å². The molecule has 0 amide bonds. The van der Waals surface area contributed by atoms with Crippen molar-refractivity contribution in [3.63, 3.8) is 0 Å². The third-order valence-electron chi connectivity index (χ3n) is 3.86. The van der Waals surface area contributed by atoms with E-state index in [2.05, 4.69) is 4.90 Å². The van der Waals surface area contributed by atoms with Crippen molar-refractivity contribution >= 4 is 5.78 Å². The molecule has 2 rings (SSSR count). The molecular formula is C16H22FNO3. The van der Waals surface area contributed by atoms with Crippen LogP contribution in [-0.4, -0.2) is 41.6 Å². The molecule has 1 heterocycles. The van der Waals surface area contributed by atoms with Crippen molar-refractivity contribution in [3.8, 4) is 5.75 Å². The van der Waals surface area contributed by atoms with Crippen molar-refractivity contribution < 1.29 is 19.0 Å². The van der Waals surface area contributed by atoms with Gasteiger partial charge in [-0.2, -0.15) is 0 Å². The molecule has 1 N–H and O–H groups in total. The second-order valence-corrected chi connectivity index (χ2v) is 5.48. The zero-order valence-electron chi connectivity index (χ0n) is 12.6. The van der Waals surface area contributed by atoms with Crippen LogP contribution in [0.25, 0.3) is 0 Å². The van der Waals surface area contributed by atoms with Gasteiger partial charge in [-0.3, -0.25) is 9.69 Å². The number of ether oxygens (including phenoxy) is 1. The predicted octanol–water partition coefficient (Wildman–Crippen LogP) is 2.73. The van der Waals surface area contributed by atoms with Gasteiger partial charge in [-0.05, 0) is 38.4 Å². The molecule has 1 fully saturated rings. The number of halogens is 1. The average molecular weight is 295 g/mol. The van der Waals surface area contributed by atoms with E-state index in [-0.39, 0.29) is 23.2 Å². The van der Waals surface area contributed by atoms with Crippen LogP contribution in [0.4, 0.5) is 4.39 Å². The zero-order chi connectivity index (χ0) is 15.4. The molecule has 0 bridgehead atoms. The molecule has 1 aromatic carbocycles. The Bertz CT molecular complexity index is 512. The first-order valence-corrected chi connectivity index (χ1v) is 7.37. The van der Waals surface area contributed by atoms with Gasteiger partial charge in [0.1, 0.15) is 11.6 Å².